The van der Waals surface area contributed by atoms with Gasteiger partial charge in [-0.25, -0.2) is 4.79 Å². The molecule has 1 saturated heterocycles. The summed E-state index contributed by atoms with van der Waals surface area (Å²) in [6, 6.07) is -0.00730. The Kier molecular flexibility index (Phi) is 4.13. The monoisotopic (exact) mass is 204 g/mol. The Labute approximate surface area is 83.1 Å². The largest absolute Gasteiger partial charge is 0.465 e. The fourth-order valence-electron chi connectivity index (χ4n) is 1.88. The number of carbonyl (C=O) groups is 1. The summed E-state index contributed by atoms with van der Waals surface area (Å²) in [7, 11) is 0. The number of nitrogens with zero attached hydrogens (tertiary/aromatic N) is 1. The van der Waals surface area contributed by atoms with E-state index < -0.39 is 6.09 Å². The first-order chi connectivity index (χ1) is 6.63. The molecule has 4 nitrogen and oxygen atoms in total. The molecular formula is C9H17FN2O2. The minimum Gasteiger partial charge on any atom is -0.465 e. The zero-order valence-corrected chi connectivity index (χ0v) is 8.37. The first-order valence-electron chi connectivity index (χ1n) is 4.91. The van der Waals surface area contributed by atoms with Gasteiger partial charge in [0.15, 0.2) is 0 Å². The molecule has 0 unspecified atom stereocenters. The van der Waals surface area contributed by atoms with Crippen LogP contribution in [0.3, 0.4) is 0 Å². The van der Waals surface area contributed by atoms with Gasteiger partial charge < -0.3 is 15.3 Å². The molecular weight excluding hydrogens is 187 g/mol. The molecule has 0 radical (unpaired) electrons. The minimum absolute atomic E-state index is 0.00730. The van der Waals surface area contributed by atoms with Crippen molar-refractivity contribution in [3.8, 4) is 0 Å². The molecule has 0 aromatic heterocycles. The topological polar surface area (TPSA) is 52.6 Å². The van der Waals surface area contributed by atoms with Gasteiger partial charge in [-0.1, -0.05) is 6.92 Å². The summed E-state index contributed by atoms with van der Waals surface area (Å²) in [6.07, 6.45) is -0.443. The van der Waals surface area contributed by atoms with Gasteiger partial charge >= 0.3 is 6.09 Å². The van der Waals surface area contributed by atoms with E-state index in [1.54, 1.807) is 0 Å². The fourth-order valence-corrected chi connectivity index (χ4v) is 1.88. The van der Waals surface area contributed by atoms with E-state index in [-0.39, 0.29) is 12.7 Å². The Balaban J connectivity index is 2.31. The Morgan fingerprint density at radius 3 is 2.93 bits per heavy atom. The third-order valence-corrected chi connectivity index (χ3v) is 2.60. The quantitative estimate of drug-likeness (QED) is 0.716. The summed E-state index contributed by atoms with van der Waals surface area (Å²) in [5.74, 6) is 0.311. The predicted molar refractivity (Wildman–Crippen MR) is 51.1 cm³/mol. The van der Waals surface area contributed by atoms with Crippen molar-refractivity contribution < 1.29 is 14.3 Å². The molecule has 2 N–H and O–H groups in total. The summed E-state index contributed by atoms with van der Waals surface area (Å²) in [5.41, 5.74) is 0. The highest BCUT2D eigenvalue weighted by atomic mass is 19.1. The molecule has 0 saturated carbocycles. The maximum atomic E-state index is 11.9. The van der Waals surface area contributed by atoms with E-state index in [2.05, 4.69) is 10.2 Å². The number of hydrogen-bond donors (Lipinski definition) is 2. The molecule has 2 atom stereocenters. The summed E-state index contributed by atoms with van der Waals surface area (Å²) in [6.45, 7) is 3.98. The number of amides is 1. The highest BCUT2D eigenvalue weighted by Crippen LogP contribution is 2.16. The van der Waals surface area contributed by atoms with Gasteiger partial charge in [0.1, 0.15) is 0 Å². The van der Waals surface area contributed by atoms with E-state index in [1.807, 2.05) is 6.92 Å². The SMILES string of the molecule is C[C@@H]1CN(CCCF)C[C@H]1NC(=O)O. The Morgan fingerprint density at radius 1 is 1.64 bits per heavy atom. The van der Waals surface area contributed by atoms with Crippen LogP contribution in [-0.4, -0.2) is 48.5 Å². The third kappa shape index (κ3) is 3.14. The first kappa shape index (κ1) is 11.2. The minimum atomic E-state index is -0.978. The number of hydrogen-bond acceptors (Lipinski definition) is 2. The molecule has 1 amide bonds. The molecule has 14 heavy (non-hydrogen) atoms. The van der Waals surface area contributed by atoms with Crippen molar-refractivity contribution in [2.45, 2.75) is 19.4 Å². The van der Waals surface area contributed by atoms with Crippen LogP contribution in [0.1, 0.15) is 13.3 Å². The van der Waals surface area contributed by atoms with Crippen molar-refractivity contribution in [1.29, 1.82) is 0 Å². The van der Waals surface area contributed by atoms with Crippen LogP contribution < -0.4 is 5.32 Å². The molecule has 1 aliphatic heterocycles. The van der Waals surface area contributed by atoms with Gasteiger partial charge in [0, 0.05) is 25.7 Å². The van der Waals surface area contributed by atoms with Crippen LogP contribution in [0.15, 0.2) is 0 Å². The van der Waals surface area contributed by atoms with Crippen LogP contribution in [0.5, 0.6) is 0 Å². The number of likely N-dealkylation sites (tertiary alicyclic amines) is 1. The van der Waals surface area contributed by atoms with Crippen LogP contribution in [-0.2, 0) is 0 Å². The molecule has 1 aliphatic rings. The second kappa shape index (κ2) is 5.14. The van der Waals surface area contributed by atoms with E-state index in [9.17, 15) is 9.18 Å². The molecule has 0 spiro atoms. The van der Waals surface area contributed by atoms with Crippen molar-refractivity contribution in [3.05, 3.63) is 0 Å². The van der Waals surface area contributed by atoms with Gasteiger partial charge in [-0.05, 0) is 12.3 Å². The van der Waals surface area contributed by atoms with Crippen LogP contribution in [0.4, 0.5) is 9.18 Å². The predicted octanol–water partition coefficient (Wildman–Crippen LogP) is 0.934. The number of halogens is 1. The summed E-state index contributed by atoms with van der Waals surface area (Å²) < 4.78 is 11.9. The fraction of sp³-hybridized carbons (Fsp3) is 0.889. The van der Waals surface area contributed by atoms with Crippen molar-refractivity contribution in [2.75, 3.05) is 26.3 Å². The normalized spacial score (nSPS) is 27.9. The van der Waals surface area contributed by atoms with E-state index in [4.69, 9.17) is 5.11 Å². The van der Waals surface area contributed by atoms with Crippen LogP contribution in [0, 0.1) is 5.92 Å². The number of nitrogens with one attached hydrogen (secondary N) is 1. The van der Waals surface area contributed by atoms with Gasteiger partial charge in [-0.2, -0.15) is 0 Å². The third-order valence-electron chi connectivity index (χ3n) is 2.60. The molecule has 1 fully saturated rings. The standard InChI is InChI=1S/C9H17FN2O2/c1-7-5-12(4-2-3-10)6-8(7)11-9(13)14/h7-8,11H,2-6H2,1H3,(H,13,14)/t7-,8-/m1/s1. The van der Waals surface area contributed by atoms with Crippen molar-refractivity contribution in [2.24, 2.45) is 5.92 Å². The highest BCUT2D eigenvalue weighted by Gasteiger charge is 2.29. The molecule has 0 bridgehead atoms. The Hall–Kier alpha value is -0.840. The van der Waals surface area contributed by atoms with Crippen LogP contribution >= 0.6 is 0 Å². The van der Waals surface area contributed by atoms with Gasteiger partial charge in [0.05, 0.1) is 6.67 Å². The lowest BCUT2D eigenvalue weighted by Crippen LogP contribution is -2.39. The average molecular weight is 204 g/mol. The first-order valence-corrected chi connectivity index (χ1v) is 4.91. The van der Waals surface area contributed by atoms with Crippen molar-refractivity contribution in [1.82, 2.24) is 10.2 Å². The Morgan fingerprint density at radius 2 is 2.36 bits per heavy atom. The van der Waals surface area contributed by atoms with E-state index >= 15 is 0 Å². The van der Waals surface area contributed by atoms with Gasteiger partial charge in [0.25, 0.3) is 0 Å². The lowest BCUT2D eigenvalue weighted by Gasteiger charge is -2.14. The van der Waals surface area contributed by atoms with E-state index in [0.717, 1.165) is 13.1 Å². The van der Waals surface area contributed by atoms with E-state index in [0.29, 0.717) is 18.9 Å². The lowest BCUT2D eigenvalue weighted by molar-refractivity contribution is 0.187. The number of rotatable bonds is 4. The second-order valence-corrected chi connectivity index (χ2v) is 3.84. The summed E-state index contributed by atoms with van der Waals surface area (Å²) in [4.78, 5) is 12.5. The molecule has 1 heterocycles. The lowest BCUT2D eigenvalue weighted by atomic mass is 10.1. The van der Waals surface area contributed by atoms with E-state index in [1.165, 1.54) is 0 Å². The molecule has 5 heteroatoms. The van der Waals surface area contributed by atoms with Crippen LogP contribution in [0.25, 0.3) is 0 Å². The highest BCUT2D eigenvalue weighted by molar-refractivity contribution is 5.65. The molecule has 0 aliphatic carbocycles. The van der Waals surface area contributed by atoms with Crippen LogP contribution in [0.2, 0.25) is 0 Å². The van der Waals surface area contributed by atoms with Crippen molar-refractivity contribution >= 4 is 6.09 Å². The maximum Gasteiger partial charge on any atom is 0.404 e. The second-order valence-electron chi connectivity index (χ2n) is 3.84. The Bertz CT molecular complexity index is 201. The van der Waals surface area contributed by atoms with Gasteiger partial charge in [0.2, 0.25) is 0 Å². The summed E-state index contributed by atoms with van der Waals surface area (Å²) >= 11 is 0. The summed E-state index contributed by atoms with van der Waals surface area (Å²) in [5, 5.41) is 11.0. The number of carboxylic acid groups (broad SMARTS) is 1. The van der Waals surface area contributed by atoms with Gasteiger partial charge in [-0.15, -0.1) is 0 Å². The average Bonchev–Trinajstić information content (AvgIpc) is 2.43. The molecule has 82 valence electrons. The zero-order chi connectivity index (χ0) is 10.6. The van der Waals surface area contributed by atoms with Crippen molar-refractivity contribution in [3.63, 3.8) is 0 Å². The molecule has 0 aromatic carbocycles. The smallest absolute Gasteiger partial charge is 0.404 e. The molecule has 0 aromatic rings. The number of alkyl halides is 1. The molecule has 1 rings (SSSR count). The zero-order valence-electron chi connectivity index (χ0n) is 8.37. The van der Waals surface area contributed by atoms with Gasteiger partial charge in [-0.3, -0.25) is 4.39 Å². The maximum absolute atomic E-state index is 11.9.